The van der Waals surface area contributed by atoms with Crippen molar-refractivity contribution in [3.63, 3.8) is 0 Å². The summed E-state index contributed by atoms with van der Waals surface area (Å²) in [6.45, 7) is 3.25. The quantitative estimate of drug-likeness (QED) is 0.589. The fourth-order valence-electron chi connectivity index (χ4n) is 0.674. The van der Waals surface area contributed by atoms with Gasteiger partial charge in [-0.2, -0.15) is 0 Å². The molecule has 0 amide bonds. The smallest absolute Gasteiger partial charge is 0.358 e. The number of hydrogen-bond acceptors (Lipinski definition) is 2. The molecular weight excluding hydrogens is 293 g/mol. The fourth-order valence-corrected chi connectivity index (χ4v) is 1.06. The Morgan fingerprint density at radius 3 is 1.93 bits per heavy atom. The SMILES string of the molecule is C[C@H](Cl)[C@@H](Cl)[C@@H](C)OC(=O)C(Cl)(Cl)Cl. The number of carbonyl (C=O) groups excluding carboxylic acids is 1. The predicted molar refractivity (Wildman–Crippen MR) is 60.8 cm³/mol. The molecule has 0 saturated carbocycles. The minimum atomic E-state index is -2.08. The summed E-state index contributed by atoms with van der Waals surface area (Å²) in [5.41, 5.74) is 0. The Morgan fingerprint density at radius 1 is 1.21 bits per heavy atom. The van der Waals surface area contributed by atoms with E-state index in [1.165, 1.54) is 0 Å². The van der Waals surface area contributed by atoms with Gasteiger partial charge in [-0.05, 0) is 13.8 Å². The third-order valence-electron chi connectivity index (χ3n) is 1.41. The molecule has 0 N–H and O–H groups in total. The van der Waals surface area contributed by atoms with Crippen molar-refractivity contribution in [1.29, 1.82) is 0 Å². The first kappa shape index (κ1) is 14.9. The Morgan fingerprint density at radius 2 is 1.64 bits per heavy atom. The molecule has 0 aromatic carbocycles. The molecule has 3 atom stereocenters. The molecular formula is C7H9Cl5O2. The van der Waals surface area contributed by atoms with Gasteiger partial charge in [0.1, 0.15) is 6.10 Å². The van der Waals surface area contributed by atoms with E-state index in [1.807, 2.05) is 0 Å². The van der Waals surface area contributed by atoms with E-state index in [2.05, 4.69) is 0 Å². The van der Waals surface area contributed by atoms with E-state index in [4.69, 9.17) is 62.7 Å². The average Bonchev–Trinajstić information content (AvgIpc) is 2.00. The molecule has 84 valence electrons. The molecule has 0 aliphatic rings. The Bertz CT molecular complexity index is 201. The van der Waals surface area contributed by atoms with Crippen molar-refractivity contribution < 1.29 is 9.53 Å². The van der Waals surface area contributed by atoms with Crippen LogP contribution in [0.3, 0.4) is 0 Å². The number of carbonyl (C=O) groups is 1. The van der Waals surface area contributed by atoms with Gasteiger partial charge in [0.2, 0.25) is 0 Å². The van der Waals surface area contributed by atoms with E-state index in [0.29, 0.717) is 0 Å². The third kappa shape index (κ3) is 5.13. The maximum absolute atomic E-state index is 11.1. The Hall–Kier alpha value is 0.920. The van der Waals surface area contributed by atoms with E-state index in [1.54, 1.807) is 13.8 Å². The lowest BCUT2D eigenvalue weighted by atomic mass is 10.2. The van der Waals surface area contributed by atoms with Crippen LogP contribution in [0.5, 0.6) is 0 Å². The van der Waals surface area contributed by atoms with E-state index in [0.717, 1.165) is 0 Å². The monoisotopic (exact) mass is 300 g/mol. The summed E-state index contributed by atoms with van der Waals surface area (Å²) in [7, 11) is 0. The summed E-state index contributed by atoms with van der Waals surface area (Å²) in [4.78, 5) is 11.1. The van der Waals surface area contributed by atoms with E-state index < -0.39 is 21.2 Å². The average molecular weight is 302 g/mol. The van der Waals surface area contributed by atoms with Crippen LogP contribution in [-0.2, 0) is 9.53 Å². The number of esters is 1. The van der Waals surface area contributed by atoms with Crippen LogP contribution in [0.1, 0.15) is 13.8 Å². The molecule has 0 aromatic rings. The van der Waals surface area contributed by atoms with Crippen molar-refractivity contribution in [1.82, 2.24) is 0 Å². The summed E-state index contributed by atoms with van der Waals surface area (Å²) in [5, 5.41) is -0.886. The highest BCUT2D eigenvalue weighted by molar-refractivity contribution is 6.75. The molecule has 0 aliphatic carbocycles. The first-order valence-electron chi connectivity index (χ1n) is 3.72. The molecule has 0 aromatic heterocycles. The molecule has 0 aliphatic heterocycles. The van der Waals surface area contributed by atoms with Crippen LogP contribution in [0.4, 0.5) is 0 Å². The molecule has 0 bridgehead atoms. The lowest BCUT2D eigenvalue weighted by molar-refractivity contribution is -0.147. The second kappa shape index (κ2) is 5.86. The van der Waals surface area contributed by atoms with Gasteiger partial charge in [-0.15, -0.1) is 23.2 Å². The van der Waals surface area contributed by atoms with Crippen molar-refractivity contribution in [2.24, 2.45) is 0 Å². The molecule has 0 heterocycles. The third-order valence-corrected chi connectivity index (χ3v) is 3.01. The van der Waals surface area contributed by atoms with E-state index >= 15 is 0 Å². The van der Waals surface area contributed by atoms with Gasteiger partial charge < -0.3 is 4.74 Å². The highest BCUT2D eigenvalue weighted by Gasteiger charge is 2.35. The maximum Gasteiger partial charge on any atom is 0.358 e. The molecule has 0 rings (SSSR count). The van der Waals surface area contributed by atoms with Crippen LogP contribution >= 0.6 is 58.0 Å². The molecule has 0 spiro atoms. The van der Waals surface area contributed by atoms with Crippen molar-refractivity contribution >= 4 is 64.0 Å². The van der Waals surface area contributed by atoms with Crippen LogP contribution in [-0.4, -0.2) is 26.6 Å². The molecule has 0 saturated heterocycles. The van der Waals surface area contributed by atoms with Crippen LogP contribution in [0.25, 0.3) is 0 Å². The zero-order valence-corrected chi connectivity index (χ0v) is 11.2. The largest absolute Gasteiger partial charge is 0.458 e. The number of rotatable bonds is 3. The zero-order valence-electron chi connectivity index (χ0n) is 7.44. The molecule has 0 unspecified atom stereocenters. The number of hydrogen-bond donors (Lipinski definition) is 0. The Kier molecular flexibility index (Phi) is 6.24. The topological polar surface area (TPSA) is 26.3 Å². The zero-order chi connectivity index (χ0) is 11.5. The van der Waals surface area contributed by atoms with Crippen LogP contribution in [0.2, 0.25) is 0 Å². The van der Waals surface area contributed by atoms with Gasteiger partial charge in [-0.3, -0.25) is 0 Å². The van der Waals surface area contributed by atoms with E-state index in [-0.39, 0.29) is 5.38 Å². The number of alkyl halides is 5. The molecule has 0 fully saturated rings. The molecule has 7 heteroatoms. The van der Waals surface area contributed by atoms with Crippen LogP contribution < -0.4 is 0 Å². The second-order valence-electron chi connectivity index (χ2n) is 2.73. The van der Waals surface area contributed by atoms with E-state index in [9.17, 15) is 4.79 Å². The Balaban J connectivity index is 4.20. The number of halogens is 5. The van der Waals surface area contributed by atoms with Gasteiger partial charge in [-0.1, -0.05) is 34.8 Å². The van der Waals surface area contributed by atoms with Crippen molar-refractivity contribution in [3.05, 3.63) is 0 Å². The minimum absolute atomic E-state index is 0.352. The molecule has 0 radical (unpaired) electrons. The first-order valence-corrected chi connectivity index (χ1v) is 5.73. The molecule has 2 nitrogen and oxygen atoms in total. The maximum atomic E-state index is 11.1. The minimum Gasteiger partial charge on any atom is -0.458 e. The first-order chi connectivity index (χ1) is 6.16. The van der Waals surface area contributed by atoms with Crippen molar-refractivity contribution in [2.75, 3.05) is 0 Å². The van der Waals surface area contributed by atoms with Gasteiger partial charge in [0.25, 0.3) is 3.79 Å². The number of ether oxygens (including phenoxy) is 1. The van der Waals surface area contributed by atoms with Crippen LogP contribution in [0, 0.1) is 0 Å². The van der Waals surface area contributed by atoms with Gasteiger partial charge >= 0.3 is 5.97 Å². The van der Waals surface area contributed by atoms with Crippen molar-refractivity contribution in [3.8, 4) is 0 Å². The summed E-state index contributed by atoms with van der Waals surface area (Å²) in [6.07, 6.45) is -0.618. The second-order valence-corrected chi connectivity index (χ2v) is 6.20. The summed E-state index contributed by atoms with van der Waals surface area (Å²) in [6, 6.07) is 0. The van der Waals surface area contributed by atoms with Crippen molar-refractivity contribution in [2.45, 2.75) is 34.5 Å². The Labute approximate surface area is 108 Å². The predicted octanol–water partition coefficient (Wildman–Crippen LogP) is 3.52. The van der Waals surface area contributed by atoms with Gasteiger partial charge in [0, 0.05) is 0 Å². The standard InChI is InChI=1S/C7H9Cl5O2/c1-3(8)5(9)4(2)14-6(13)7(10,11)12/h3-5H,1-2H3/t3-,4+,5+/m0/s1. The fraction of sp³-hybridized carbons (Fsp3) is 0.857. The summed E-state index contributed by atoms with van der Waals surface area (Å²) < 4.78 is 2.70. The van der Waals surface area contributed by atoms with Crippen LogP contribution in [0.15, 0.2) is 0 Å². The molecule has 14 heavy (non-hydrogen) atoms. The van der Waals surface area contributed by atoms with Gasteiger partial charge in [0.15, 0.2) is 0 Å². The highest BCUT2D eigenvalue weighted by atomic mass is 35.6. The lowest BCUT2D eigenvalue weighted by Gasteiger charge is -2.22. The van der Waals surface area contributed by atoms with Gasteiger partial charge in [-0.25, -0.2) is 4.79 Å². The lowest BCUT2D eigenvalue weighted by Crippen LogP contribution is -2.34. The summed E-state index contributed by atoms with van der Waals surface area (Å²) in [5.74, 6) is -0.960. The summed E-state index contributed by atoms with van der Waals surface area (Å²) >= 11 is 27.4. The highest BCUT2D eigenvalue weighted by Crippen LogP contribution is 2.29. The van der Waals surface area contributed by atoms with Gasteiger partial charge in [0.05, 0.1) is 10.8 Å². The normalized spacial score (nSPS) is 18.5.